The maximum Gasteiger partial charge on any atom is 0.123 e. The van der Waals surface area contributed by atoms with Crippen LogP contribution >= 0.6 is 0 Å². The number of halogens is 1. The predicted octanol–water partition coefficient (Wildman–Crippen LogP) is 2.40. The summed E-state index contributed by atoms with van der Waals surface area (Å²) < 4.78 is 12.6. The molecule has 1 aromatic rings. The summed E-state index contributed by atoms with van der Waals surface area (Å²) in [6, 6.07) is 6.21. The molecule has 0 heterocycles. The van der Waals surface area contributed by atoms with Crippen LogP contribution in [-0.2, 0) is 0 Å². The Morgan fingerprint density at radius 2 is 1.86 bits per heavy atom. The van der Waals surface area contributed by atoms with Crippen LogP contribution in [0.25, 0.3) is 0 Å². The van der Waals surface area contributed by atoms with E-state index in [-0.39, 0.29) is 18.0 Å². The molecule has 0 spiro atoms. The van der Waals surface area contributed by atoms with Crippen LogP contribution in [-0.4, -0.2) is 17.3 Å². The lowest BCUT2D eigenvalue weighted by molar-refractivity contribution is 0.261. The molecule has 0 amide bonds. The van der Waals surface area contributed by atoms with Crippen molar-refractivity contribution in [1.82, 2.24) is 0 Å². The molecule has 0 unspecified atom stereocenters. The third-order valence-electron chi connectivity index (χ3n) is 2.06. The number of anilines is 1. The third-order valence-corrected chi connectivity index (χ3v) is 2.06. The van der Waals surface area contributed by atoms with Gasteiger partial charge in [0.25, 0.3) is 0 Å². The molecule has 0 aliphatic rings. The van der Waals surface area contributed by atoms with Crippen molar-refractivity contribution in [2.75, 3.05) is 11.9 Å². The Morgan fingerprint density at radius 3 is 2.36 bits per heavy atom. The minimum absolute atomic E-state index is 0.140. The SMILES string of the molecule is CC(C)(CCO)Nc1ccc(F)cc1. The number of benzene rings is 1. The highest BCUT2D eigenvalue weighted by atomic mass is 19.1. The fourth-order valence-corrected chi connectivity index (χ4v) is 1.27. The summed E-state index contributed by atoms with van der Waals surface area (Å²) in [6.07, 6.45) is 0.657. The standard InChI is InChI=1S/C11H16FNO/c1-11(2,7-8-14)13-10-5-3-9(12)4-6-10/h3-6,13-14H,7-8H2,1-2H3. The van der Waals surface area contributed by atoms with E-state index in [1.54, 1.807) is 12.1 Å². The van der Waals surface area contributed by atoms with Crippen molar-refractivity contribution in [3.63, 3.8) is 0 Å². The zero-order valence-corrected chi connectivity index (χ0v) is 8.55. The van der Waals surface area contributed by atoms with Gasteiger partial charge >= 0.3 is 0 Å². The van der Waals surface area contributed by atoms with Crippen molar-refractivity contribution in [3.05, 3.63) is 30.1 Å². The number of aliphatic hydroxyl groups excluding tert-OH is 1. The van der Waals surface area contributed by atoms with E-state index in [1.165, 1.54) is 12.1 Å². The van der Waals surface area contributed by atoms with Gasteiger partial charge in [-0.25, -0.2) is 4.39 Å². The highest BCUT2D eigenvalue weighted by molar-refractivity contribution is 5.44. The smallest absolute Gasteiger partial charge is 0.123 e. The van der Waals surface area contributed by atoms with Gasteiger partial charge in [-0.2, -0.15) is 0 Å². The second-order valence-corrected chi connectivity index (χ2v) is 3.99. The topological polar surface area (TPSA) is 32.3 Å². The van der Waals surface area contributed by atoms with E-state index in [2.05, 4.69) is 5.32 Å². The van der Waals surface area contributed by atoms with Crippen LogP contribution < -0.4 is 5.32 Å². The summed E-state index contributed by atoms with van der Waals surface area (Å²) >= 11 is 0. The van der Waals surface area contributed by atoms with Crippen LogP contribution in [0.2, 0.25) is 0 Å². The number of aliphatic hydroxyl groups is 1. The molecule has 14 heavy (non-hydrogen) atoms. The Bertz CT molecular complexity index is 282. The van der Waals surface area contributed by atoms with Gasteiger partial charge < -0.3 is 10.4 Å². The lowest BCUT2D eigenvalue weighted by atomic mass is 10.0. The average molecular weight is 197 g/mol. The lowest BCUT2D eigenvalue weighted by Crippen LogP contribution is -2.31. The van der Waals surface area contributed by atoms with Gasteiger partial charge in [0.2, 0.25) is 0 Å². The fraction of sp³-hybridized carbons (Fsp3) is 0.455. The summed E-state index contributed by atoms with van der Waals surface area (Å²) in [5, 5.41) is 12.0. The van der Waals surface area contributed by atoms with Gasteiger partial charge in [-0.05, 0) is 44.5 Å². The summed E-state index contributed by atoms with van der Waals surface area (Å²) in [6.45, 7) is 4.13. The third kappa shape index (κ3) is 3.34. The first-order valence-electron chi connectivity index (χ1n) is 4.68. The molecule has 2 nitrogen and oxygen atoms in total. The normalized spacial score (nSPS) is 11.4. The first-order valence-corrected chi connectivity index (χ1v) is 4.68. The van der Waals surface area contributed by atoms with Crippen molar-refractivity contribution in [2.45, 2.75) is 25.8 Å². The summed E-state index contributed by atoms with van der Waals surface area (Å²) in [4.78, 5) is 0. The molecule has 0 aromatic heterocycles. The number of hydrogen-bond donors (Lipinski definition) is 2. The molecular weight excluding hydrogens is 181 g/mol. The quantitative estimate of drug-likeness (QED) is 0.776. The van der Waals surface area contributed by atoms with Gasteiger partial charge in [0, 0.05) is 17.8 Å². The molecule has 1 rings (SSSR count). The molecule has 0 radical (unpaired) electrons. The van der Waals surface area contributed by atoms with Gasteiger partial charge in [-0.3, -0.25) is 0 Å². The Morgan fingerprint density at radius 1 is 1.29 bits per heavy atom. The van der Waals surface area contributed by atoms with Crippen molar-refractivity contribution in [1.29, 1.82) is 0 Å². The summed E-state index contributed by atoms with van der Waals surface area (Å²) in [7, 11) is 0. The minimum Gasteiger partial charge on any atom is -0.396 e. The molecule has 2 N–H and O–H groups in total. The minimum atomic E-state index is -0.240. The van der Waals surface area contributed by atoms with Crippen molar-refractivity contribution in [3.8, 4) is 0 Å². The van der Waals surface area contributed by atoms with Gasteiger partial charge in [0.05, 0.1) is 0 Å². The first-order chi connectivity index (χ1) is 6.53. The monoisotopic (exact) mass is 197 g/mol. The molecule has 0 atom stereocenters. The average Bonchev–Trinajstić information content (AvgIpc) is 2.08. The molecule has 1 aromatic carbocycles. The second kappa shape index (κ2) is 4.42. The Hall–Kier alpha value is -1.09. The fourth-order valence-electron chi connectivity index (χ4n) is 1.27. The molecule has 3 heteroatoms. The number of nitrogens with one attached hydrogen (secondary N) is 1. The first kappa shape index (κ1) is 11.0. The van der Waals surface area contributed by atoms with Crippen molar-refractivity contribution in [2.24, 2.45) is 0 Å². The molecule has 0 fully saturated rings. The number of rotatable bonds is 4. The van der Waals surface area contributed by atoms with E-state index < -0.39 is 0 Å². The van der Waals surface area contributed by atoms with Crippen LogP contribution in [0.15, 0.2) is 24.3 Å². The van der Waals surface area contributed by atoms with E-state index >= 15 is 0 Å². The highest BCUT2D eigenvalue weighted by Crippen LogP contribution is 2.17. The predicted molar refractivity (Wildman–Crippen MR) is 55.8 cm³/mol. The lowest BCUT2D eigenvalue weighted by Gasteiger charge is -2.26. The maximum atomic E-state index is 12.6. The maximum absolute atomic E-state index is 12.6. The largest absolute Gasteiger partial charge is 0.396 e. The van der Waals surface area contributed by atoms with Gasteiger partial charge in [-0.1, -0.05) is 0 Å². The van der Waals surface area contributed by atoms with Crippen LogP contribution in [0.4, 0.5) is 10.1 Å². The second-order valence-electron chi connectivity index (χ2n) is 3.99. The van der Waals surface area contributed by atoms with E-state index in [1.807, 2.05) is 13.8 Å². The Labute approximate surface area is 83.8 Å². The highest BCUT2D eigenvalue weighted by Gasteiger charge is 2.15. The molecule has 0 aliphatic carbocycles. The van der Waals surface area contributed by atoms with E-state index in [0.29, 0.717) is 6.42 Å². The zero-order valence-electron chi connectivity index (χ0n) is 8.55. The van der Waals surface area contributed by atoms with Crippen molar-refractivity contribution >= 4 is 5.69 Å². The van der Waals surface area contributed by atoms with Crippen LogP contribution in [0, 0.1) is 5.82 Å². The van der Waals surface area contributed by atoms with Crippen LogP contribution in [0.5, 0.6) is 0 Å². The van der Waals surface area contributed by atoms with E-state index in [4.69, 9.17) is 5.11 Å². The van der Waals surface area contributed by atoms with Gasteiger partial charge in [0.1, 0.15) is 5.82 Å². The van der Waals surface area contributed by atoms with Gasteiger partial charge in [0.15, 0.2) is 0 Å². The van der Waals surface area contributed by atoms with E-state index in [0.717, 1.165) is 5.69 Å². The summed E-state index contributed by atoms with van der Waals surface area (Å²) in [5.41, 5.74) is 0.692. The Balaban J connectivity index is 2.64. The zero-order chi connectivity index (χ0) is 10.6. The van der Waals surface area contributed by atoms with Gasteiger partial charge in [-0.15, -0.1) is 0 Å². The molecule has 0 saturated carbocycles. The summed E-state index contributed by atoms with van der Waals surface area (Å²) in [5.74, 6) is -0.240. The molecule has 0 saturated heterocycles. The molecule has 0 bridgehead atoms. The molecule has 78 valence electrons. The van der Waals surface area contributed by atoms with Crippen molar-refractivity contribution < 1.29 is 9.50 Å². The van der Waals surface area contributed by atoms with Crippen LogP contribution in [0.3, 0.4) is 0 Å². The molecule has 0 aliphatic heterocycles. The van der Waals surface area contributed by atoms with E-state index in [9.17, 15) is 4.39 Å². The van der Waals surface area contributed by atoms with Crippen LogP contribution in [0.1, 0.15) is 20.3 Å². The molecular formula is C11H16FNO. The Kier molecular flexibility index (Phi) is 3.47. The number of hydrogen-bond acceptors (Lipinski definition) is 2.